The van der Waals surface area contributed by atoms with Crippen LogP contribution in [0.5, 0.6) is 0 Å². The summed E-state index contributed by atoms with van der Waals surface area (Å²) in [5.74, 6) is 0.346. The lowest BCUT2D eigenvalue weighted by Gasteiger charge is -2.19. The SMILES string of the molecule is CC(C)C(CCl)NC(=O)CCOCC(F)F. The molecular weight excluding hydrogens is 240 g/mol. The number of hydrogen-bond donors (Lipinski definition) is 1. The molecule has 0 aromatic heterocycles. The molecule has 0 spiro atoms. The predicted octanol–water partition coefficient (Wildman–Crippen LogP) is 2.04. The Morgan fingerprint density at radius 2 is 2.06 bits per heavy atom. The number of nitrogens with one attached hydrogen (secondary N) is 1. The molecule has 0 fully saturated rings. The van der Waals surface area contributed by atoms with Gasteiger partial charge in [0, 0.05) is 18.3 Å². The summed E-state index contributed by atoms with van der Waals surface area (Å²) < 4.78 is 28.0. The lowest BCUT2D eigenvalue weighted by Crippen LogP contribution is -2.40. The van der Waals surface area contributed by atoms with Crippen molar-refractivity contribution in [2.45, 2.75) is 32.7 Å². The van der Waals surface area contributed by atoms with Gasteiger partial charge in [0.15, 0.2) is 0 Å². The Labute approximate surface area is 99.5 Å². The van der Waals surface area contributed by atoms with E-state index in [2.05, 4.69) is 10.1 Å². The van der Waals surface area contributed by atoms with Gasteiger partial charge in [0.1, 0.15) is 6.61 Å². The molecule has 0 bridgehead atoms. The average Bonchev–Trinajstić information content (AvgIpc) is 2.20. The van der Waals surface area contributed by atoms with Crippen LogP contribution in [0.3, 0.4) is 0 Å². The van der Waals surface area contributed by atoms with Crippen LogP contribution in [-0.2, 0) is 9.53 Å². The van der Waals surface area contributed by atoms with Crippen LogP contribution in [0.4, 0.5) is 8.78 Å². The molecule has 0 aliphatic heterocycles. The molecule has 0 aliphatic carbocycles. The van der Waals surface area contributed by atoms with Gasteiger partial charge in [-0.05, 0) is 5.92 Å². The summed E-state index contributed by atoms with van der Waals surface area (Å²) in [7, 11) is 0. The Kier molecular flexibility index (Phi) is 8.47. The third-order valence-electron chi connectivity index (χ3n) is 2.03. The van der Waals surface area contributed by atoms with E-state index in [0.29, 0.717) is 5.88 Å². The first-order valence-electron chi connectivity index (χ1n) is 5.18. The Hall–Kier alpha value is -0.420. The number of carbonyl (C=O) groups is 1. The minimum Gasteiger partial charge on any atom is -0.375 e. The van der Waals surface area contributed by atoms with Gasteiger partial charge in [-0.1, -0.05) is 13.8 Å². The van der Waals surface area contributed by atoms with Crippen LogP contribution in [0.25, 0.3) is 0 Å². The van der Waals surface area contributed by atoms with Crippen molar-refractivity contribution in [3.05, 3.63) is 0 Å². The molecule has 96 valence electrons. The van der Waals surface area contributed by atoms with Gasteiger partial charge in [0.05, 0.1) is 6.61 Å². The number of carbonyl (C=O) groups excluding carboxylic acids is 1. The van der Waals surface area contributed by atoms with Crippen LogP contribution < -0.4 is 5.32 Å². The zero-order valence-electron chi connectivity index (χ0n) is 9.51. The highest BCUT2D eigenvalue weighted by atomic mass is 35.5. The second-order valence-corrected chi connectivity index (χ2v) is 4.10. The molecule has 1 unspecified atom stereocenters. The fraction of sp³-hybridized carbons (Fsp3) is 0.900. The van der Waals surface area contributed by atoms with Gasteiger partial charge < -0.3 is 10.1 Å². The van der Waals surface area contributed by atoms with E-state index in [9.17, 15) is 13.6 Å². The van der Waals surface area contributed by atoms with Crippen molar-refractivity contribution < 1.29 is 18.3 Å². The van der Waals surface area contributed by atoms with E-state index in [-0.39, 0.29) is 30.9 Å². The minimum atomic E-state index is -2.49. The van der Waals surface area contributed by atoms with Gasteiger partial charge in [-0.15, -0.1) is 11.6 Å². The molecule has 0 saturated carbocycles. The summed E-state index contributed by atoms with van der Waals surface area (Å²) in [5, 5.41) is 2.72. The molecule has 0 heterocycles. The second-order valence-electron chi connectivity index (χ2n) is 3.79. The lowest BCUT2D eigenvalue weighted by atomic mass is 10.1. The van der Waals surface area contributed by atoms with Crippen molar-refractivity contribution in [1.82, 2.24) is 5.32 Å². The molecule has 6 heteroatoms. The van der Waals surface area contributed by atoms with Gasteiger partial charge in [0.2, 0.25) is 5.91 Å². The van der Waals surface area contributed by atoms with E-state index in [1.807, 2.05) is 13.8 Å². The lowest BCUT2D eigenvalue weighted by molar-refractivity contribution is -0.123. The van der Waals surface area contributed by atoms with Crippen LogP contribution in [0, 0.1) is 5.92 Å². The average molecular weight is 258 g/mol. The second kappa shape index (κ2) is 8.70. The first-order valence-corrected chi connectivity index (χ1v) is 5.72. The van der Waals surface area contributed by atoms with Crippen LogP contribution in [0.15, 0.2) is 0 Å². The van der Waals surface area contributed by atoms with Gasteiger partial charge in [-0.3, -0.25) is 4.79 Å². The quantitative estimate of drug-likeness (QED) is 0.534. The first-order chi connectivity index (χ1) is 7.47. The van der Waals surface area contributed by atoms with Crippen LogP contribution in [0.1, 0.15) is 20.3 Å². The highest BCUT2D eigenvalue weighted by Gasteiger charge is 2.14. The van der Waals surface area contributed by atoms with Crippen molar-refractivity contribution in [2.75, 3.05) is 19.1 Å². The van der Waals surface area contributed by atoms with E-state index in [1.165, 1.54) is 0 Å². The summed E-state index contributed by atoms with van der Waals surface area (Å²) in [6.07, 6.45) is -2.42. The minimum absolute atomic E-state index is 0.00325. The molecule has 1 N–H and O–H groups in total. The summed E-state index contributed by atoms with van der Waals surface area (Å²) in [6.45, 7) is 3.26. The highest BCUT2D eigenvalue weighted by molar-refractivity contribution is 6.18. The molecule has 1 atom stereocenters. The first kappa shape index (κ1) is 15.6. The van der Waals surface area contributed by atoms with Crippen LogP contribution >= 0.6 is 11.6 Å². The molecule has 0 aromatic carbocycles. The maximum atomic E-state index is 11.7. The third kappa shape index (κ3) is 7.82. The standard InChI is InChI=1S/C10H18ClF2NO2/c1-7(2)8(5-11)14-10(15)3-4-16-6-9(12)13/h7-9H,3-6H2,1-2H3,(H,14,15). The monoisotopic (exact) mass is 257 g/mol. The van der Waals surface area contributed by atoms with Crippen molar-refractivity contribution in [3.63, 3.8) is 0 Å². The van der Waals surface area contributed by atoms with Gasteiger partial charge in [-0.25, -0.2) is 8.78 Å². The molecule has 1 amide bonds. The molecule has 0 rings (SSSR count). The molecule has 0 aliphatic rings. The summed E-state index contributed by atoms with van der Waals surface area (Å²) in [6, 6.07) is -0.0933. The number of ether oxygens (including phenoxy) is 1. The van der Waals surface area contributed by atoms with Crippen molar-refractivity contribution in [1.29, 1.82) is 0 Å². The molecule has 16 heavy (non-hydrogen) atoms. The fourth-order valence-electron chi connectivity index (χ4n) is 1.000. The van der Waals surface area contributed by atoms with Crippen LogP contribution in [0.2, 0.25) is 0 Å². The number of halogens is 3. The summed E-state index contributed by atoms with van der Waals surface area (Å²) in [4.78, 5) is 11.3. The molecule has 3 nitrogen and oxygen atoms in total. The Morgan fingerprint density at radius 3 is 2.50 bits per heavy atom. The molecule has 0 aromatic rings. The zero-order valence-corrected chi connectivity index (χ0v) is 10.3. The number of alkyl halides is 3. The Bertz CT molecular complexity index is 203. The normalized spacial score (nSPS) is 13.2. The molecule has 0 saturated heterocycles. The van der Waals surface area contributed by atoms with E-state index >= 15 is 0 Å². The Morgan fingerprint density at radius 1 is 1.44 bits per heavy atom. The third-order valence-corrected chi connectivity index (χ3v) is 2.37. The number of amides is 1. The van der Waals surface area contributed by atoms with Gasteiger partial charge in [0.25, 0.3) is 6.43 Å². The van der Waals surface area contributed by atoms with Crippen molar-refractivity contribution >= 4 is 17.5 Å². The molecule has 0 radical (unpaired) electrons. The van der Waals surface area contributed by atoms with Crippen LogP contribution in [-0.4, -0.2) is 37.5 Å². The summed E-state index contributed by atoms with van der Waals surface area (Å²) in [5.41, 5.74) is 0. The number of rotatable bonds is 8. The zero-order chi connectivity index (χ0) is 12.6. The largest absolute Gasteiger partial charge is 0.375 e. The molecular formula is C10H18ClF2NO2. The predicted molar refractivity (Wildman–Crippen MR) is 58.9 cm³/mol. The van der Waals surface area contributed by atoms with E-state index in [4.69, 9.17) is 11.6 Å². The van der Waals surface area contributed by atoms with Gasteiger partial charge in [-0.2, -0.15) is 0 Å². The number of hydrogen-bond acceptors (Lipinski definition) is 2. The van der Waals surface area contributed by atoms with Crippen molar-refractivity contribution in [3.8, 4) is 0 Å². The highest BCUT2D eigenvalue weighted by Crippen LogP contribution is 2.03. The van der Waals surface area contributed by atoms with E-state index in [0.717, 1.165) is 0 Å². The van der Waals surface area contributed by atoms with Crippen molar-refractivity contribution in [2.24, 2.45) is 5.92 Å². The topological polar surface area (TPSA) is 38.3 Å². The fourth-order valence-corrected chi connectivity index (χ4v) is 1.43. The van der Waals surface area contributed by atoms with Gasteiger partial charge >= 0.3 is 0 Å². The maximum Gasteiger partial charge on any atom is 0.261 e. The maximum absolute atomic E-state index is 11.7. The van der Waals surface area contributed by atoms with E-state index in [1.54, 1.807) is 0 Å². The summed E-state index contributed by atoms with van der Waals surface area (Å²) >= 11 is 5.66. The van der Waals surface area contributed by atoms with E-state index < -0.39 is 13.0 Å². The smallest absolute Gasteiger partial charge is 0.261 e. The Balaban J connectivity index is 3.65.